The van der Waals surface area contributed by atoms with E-state index in [9.17, 15) is 0 Å². The predicted octanol–water partition coefficient (Wildman–Crippen LogP) is 1.03. The lowest BCUT2D eigenvalue weighted by Crippen LogP contribution is -2.26. The Kier molecular flexibility index (Phi) is 2.34. The average molecular weight is 181 g/mol. The Morgan fingerprint density at radius 3 is 3.15 bits per heavy atom. The lowest BCUT2D eigenvalue weighted by atomic mass is 10.2. The number of aromatic nitrogens is 2. The predicted molar refractivity (Wildman–Crippen MR) is 46.5 cm³/mol. The van der Waals surface area contributed by atoms with Gasteiger partial charge < -0.3 is 9.47 Å². The molecule has 4 nitrogen and oxygen atoms in total. The zero-order chi connectivity index (χ0) is 9.80. The summed E-state index contributed by atoms with van der Waals surface area (Å²) in [6, 6.07) is 0.235. The second kappa shape index (κ2) is 4.18. The highest BCUT2D eigenvalue weighted by Crippen LogP contribution is 2.13. The van der Waals surface area contributed by atoms with Crippen LogP contribution in [0.2, 0.25) is 0 Å². The Labute approximate surface area is 78.3 Å². The summed E-state index contributed by atoms with van der Waals surface area (Å²) in [7, 11) is 0. The van der Waals surface area contributed by atoms with Crippen LogP contribution in [0.5, 0.6) is 5.88 Å². The molecule has 0 amide bonds. The molecule has 13 heavy (non-hydrogen) atoms. The van der Waals surface area contributed by atoms with Gasteiger partial charge in [-0.2, -0.15) is 0 Å². The molecule has 0 saturated carbocycles. The summed E-state index contributed by atoms with van der Waals surface area (Å²) in [5, 5.41) is 0. The molecule has 1 saturated heterocycles. The standard InChI is InChI=1S/C9H12N2O2/c1-4-10-7-11-9(1)13-8-2-5-12-6-3-8/h1,4,7-8H,2-3,5-6H2/i1D. The van der Waals surface area contributed by atoms with Crippen molar-refractivity contribution in [1.29, 1.82) is 0 Å². The number of nitrogens with zero attached hydrogens (tertiary/aromatic N) is 2. The lowest BCUT2D eigenvalue weighted by Gasteiger charge is -2.22. The van der Waals surface area contributed by atoms with E-state index in [1.165, 1.54) is 12.5 Å². The minimum Gasteiger partial charge on any atom is -0.474 e. The SMILES string of the molecule is [2H]c1cncnc1OC1CCOCC1. The molecule has 0 spiro atoms. The summed E-state index contributed by atoms with van der Waals surface area (Å²) < 4.78 is 18.3. The molecule has 0 atom stereocenters. The summed E-state index contributed by atoms with van der Waals surface area (Å²) in [5.74, 6) is 0.368. The normalized spacial score (nSPS) is 19.5. The van der Waals surface area contributed by atoms with Crippen molar-refractivity contribution in [2.75, 3.05) is 13.2 Å². The van der Waals surface area contributed by atoms with Crippen LogP contribution in [0.4, 0.5) is 0 Å². The first-order chi connectivity index (χ1) is 6.86. The van der Waals surface area contributed by atoms with Crippen LogP contribution in [0.15, 0.2) is 18.6 Å². The van der Waals surface area contributed by atoms with E-state index in [0.717, 1.165) is 26.1 Å². The van der Waals surface area contributed by atoms with Gasteiger partial charge >= 0.3 is 0 Å². The molecule has 1 aliphatic heterocycles. The van der Waals surface area contributed by atoms with Crippen molar-refractivity contribution in [2.45, 2.75) is 18.9 Å². The molecule has 0 aliphatic carbocycles. The van der Waals surface area contributed by atoms with Crippen LogP contribution < -0.4 is 4.74 Å². The Hall–Kier alpha value is -1.16. The molecule has 0 N–H and O–H groups in total. The zero-order valence-corrected chi connectivity index (χ0v) is 7.27. The smallest absolute Gasteiger partial charge is 0.216 e. The van der Waals surface area contributed by atoms with Gasteiger partial charge in [-0.05, 0) is 0 Å². The highest BCUT2D eigenvalue weighted by Gasteiger charge is 2.15. The van der Waals surface area contributed by atoms with Gasteiger partial charge in [-0.1, -0.05) is 0 Å². The second-order valence-electron chi connectivity index (χ2n) is 2.90. The minimum atomic E-state index is 0.128. The van der Waals surface area contributed by atoms with Gasteiger partial charge in [-0.15, -0.1) is 0 Å². The van der Waals surface area contributed by atoms with Gasteiger partial charge in [0.1, 0.15) is 12.4 Å². The van der Waals surface area contributed by atoms with Crippen molar-refractivity contribution in [1.82, 2.24) is 9.97 Å². The van der Waals surface area contributed by atoms with Gasteiger partial charge in [0.05, 0.1) is 14.6 Å². The van der Waals surface area contributed by atoms with Gasteiger partial charge in [0.25, 0.3) is 0 Å². The van der Waals surface area contributed by atoms with Gasteiger partial charge in [-0.25, -0.2) is 9.97 Å². The van der Waals surface area contributed by atoms with Gasteiger partial charge in [0.2, 0.25) is 5.88 Å². The van der Waals surface area contributed by atoms with Crippen LogP contribution >= 0.6 is 0 Å². The Balaban J connectivity index is 1.99. The molecule has 0 aromatic carbocycles. The van der Waals surface area contributed by atoms with Crippen molar-refractivity contribution >= 4 is 0 Å². The maximum absolute atomic E-state index is 7.51. The highest BCUT2D eigenvalue weighted by molar-refractivity contribution is 5.05. The number of hydrogen-bond acceptors (Lipinski definition) is 4. The van der Waals surface area contributed by atoms with Gasteiger partial charge in [0, 0.05) is 25.1 Å². The van der Waals surface area contributed by atoms with E-state index in [4.69, 9.17) is 10.8 Å². The summed E-state index contributed by atoms with van der Waals surface area (Å²) >= 11 is 0. The molecule has 70 valence electrons. The van der Waals surface area contributed by atoms with Crippen molar-refractivity contribution in [3.8, 4) is 5.88 Å². The summed E-state index contributed by atoms with van der Waals surface area (Å²) in [4.78, 5) is 7.65. The van der Waals surface area contributed by atoms with E-state index in [2.05, 4.69) is 9.97 Å². The lowest BCUT2D eigenvalue weighted by molar-refractivity contribution is 0.0237. The molecule has 0 unspecified atom stereocenters. The van der Waals surface area contributed by atoms with Crippen molar-refractivity contribution in [2.24, 2.45) is 0 Å². The van der Waals surface area contributed by atoms with Crippen molar-refractivity contribution in [3.63, 3.8) is 0 Å². The molecule has 2 rings (SSSR count). The van der Waals surface area contributed by atoms with Crippen LogP contribution in [0.25, 0.3) is 0 Å². The topological polar surface area (TPSA) is 44.2 Å². The fourth-order valence-corrected chi connectivity index (χ4v) is 1.26. The van der Waals surface area contributed by atoms with Gasteiger partial charge in [-0.3, -0.25) is 0 Å². The largest absolute Gasteiger partial charge is 0.474 e. The first kappa shape index (κ1) is 7.26. The van der Waals surface area contributed by atoms with E-state index in [0.29, 0.717) is 5.88 Å². The summed E-state index contributed by atoms with van der Waals surface area (Å²) in [6.07, 6.45) is 4.68. The third kappa shape index (κ3) is 2.39. The maximum atomic E-state index is 7.51. The van der Waals surface area contributed by atoms with Crippen LogP contribution in [-0.4, -0.2) is 29.3 Å². The minimum absolute atomic E-state index is 0.128. The van der Waals surface area contributed by atoms with Crippen LogP contribution in [0.3, 0.4) is 0 Å². The van der Waals surface area contributed by atoms with Crippen molar-refractivity contribution in [3.05, 3.63) is 18.6 Å². The zero-order valence-electron chi connectivity index (χ0n) is 8.27. The third-order valence-electron chi connectivity index (χ3n) is 1.95. The van der Waals surface area contributed by atoms with E-state index in [-0.39, 0.29) is 12.1 Å². The second-order valence-corrected chi connectivity index (χ2v) is 2.90. The molecule has 0 radical (unpaired) electrons. The number of ether oxygens (including phenoxy) is 2. The molecular formula is C9H12N2O2. The monoisotopic (exact) mass is 181 g/mol. The third-order valence-corrected chi connectivity index (χ3v) is 1.95. The first-order valence-corrected chi connectivity index (χ1v) is 4.37. The average Bonchev–Trinajstić information content (AvgIpc) is 2.23. The summed E-state index contributed by atoms with van der Waals surface area (Å²) in [5.41, 5.74) is 0. The van der Waals surface area contributed by atoms with E-state index in [1.807, 2.05) is 0 Å². The molecule has 2 heterocycles. The van der Waals surface area contributed by atoms with E-state index in [1.54, 1.807) is 0 Å². The quantitative estimate of drug-likeness (QED) is 0.683. The van der Waals surface area contributed by atoms with E-state index >= 15 is 0 Å². The summed E-state index contributed by atoms with van der Waals surface area (Å²) in [6.45, 7) is 1.45. The fourth-order valence-electron chi connectivity index (χ4n) is 1.26. The molecule has 1 aromatic heterocycles. The van der Waals surface area contributed by atoms with Crippen molar-refractivity contribution < 1.29 is 10.8 Å². The molecular weight excluding hydrogens is 168 g/mol. The first-order valence-electron chi connectivity index (χ1n) is 4.87. The Morgan fingerprint density at radius 1 is 1.54 bits per heavy atom. The van der Waals surface area contributed by atoms with Crippen LogP contribution in [0.1, 0.15) is 14.2 Å². The molecule has 4 heteroatoms. The Bertz CT molecular complexity index is 303. The molecule has 0 bridgehead atoms. The molecule has 1 aromatic rings. The highest BCUT2D eigenvalue weighted by atomic mass is 16.5. The Morgan fingerprint density at radius 2 is 2.38 bits per heavy atom. The molecule has 1 aliphatic rings. The number of hydrogen-bond donors (Lipinski definition) is 0. The molecule has 1 fully saturated rings. The van der Waals surface area contributed by atoms with Gasteiger partial charge in [0.15, 0.2) is 0 Å². The maximum Gasteiger partial charge on any atom is 0.216 e. The van der Waals surface area contributed by atoms with Crippen LogP contribution in [0, 0.1) is 0 Å². The van der Waals surface area contributed by atoms with E-state index < -0.39 is 0 Å². The fraction of sp³-hybridized carbons (Fsp3) is 0.556. The number of rotatable bonds is 2. The van der Waals surface area contributed by atoms with Crippen LogP contribution in [-0.2, 0) is 4.74 Å².